The average Bonchev–Trinajstić information content (AvgIpc) is 2.42. The van der Waals surface area contributed by atoms with Gasteiger partial charge in [0.2, 0.25) is 0 Å². The molecule has 0 bridgehead atoms. The number of benzene rings is 1. The predicted octanol–water partition coefficient (Wildman–Crippen LogP) is 1.79. The molecule has 0 fully saturated rings. The van der Waals surface area contributed by atoms with Crippen molar-refractivity contribution >= 4 is 17.7 Å². The molecule has 0 unspecified atom stereocenters. The van der Waals surface area contributed by atoms with E-state index in [1.165, 1.54) is 0 Å². The highest BCUT2D eigenvalue weighted by Gasteiger charge is 2.08. The van der Waals surface area contributed by atoms with Crippen molar-refractivity contribution in [3.05, 3.63) is 34.9 Å². The Morgan fingerprint density at radius 3 is 2.95 bits per heavy atom. The Hall–Kier alpha value is -1.44. The van der Waals surface area contributed by atoms with E-state index in [0.29, 0.717) is 18.7 Å². The van der Waals surface area contributed by atoms with Crippen molar-refractivity contribution in [2.45, 2.75) is 13.3 Å². The zero-order chi connectivity index (χ0) is 14.1. The minimum atomic E-state index is -0.0324. The zero-order valence-electron chi connectivity index (χ0n) is 11.5. The van der Waals surface area contributed by atoms with Crippen LogP contribution < -0.4 is 11.1 Å². The van der Waals surface area contributed by atoms with Gasteiger partial charge in [-0.1, -0.05) is 17.9 Å². The number of carbonyl (C=O) groups is 1. The Morgan fingerprint density at radius 2 is 2.26 bits per heavy atom. The molecule has 0 aliphatic rings. The molecule has 0 aliphatic heterocycles. The van der Waals surface area contributed by atoms with E-state index >= 15 is 0 Å². The van der Waals surface area contributed by atoms with E-state index in [0.717, 1.165) is 23.3 Å². The molecule has 1 aromatic rings. The first kappa shape index (κ1) is 15.6. The summed E-state index contributed by atoms with van der Waals surface area (Å²) in [6, 6.07) is 5.64. The van der Waals surface area contributed by atoms with Gasteiger partial charge < -0.3 is 11.1 Å². The molecule has 102 valence electrons. The monoisotopic (exact) mass is 276 g/mol. The summed E-state index contributed by atoms with van der Waals surface area (Å²) in [5.74, 6) is 6.76. The second kappa shape index (κ2) is 8.63. The molecule has 0 atom stereocenters. The normalized spacial score (nSPS) is 9.63. The quantitative estimate of drug-likeness (QED) is 0.637. The number of carbonyl (C=O) groups excluding carboxylic acids is 1. The summed E-state index contributed by atoms with van der Waals surface area (Å²) >= 11 is 1.78. The van der Waals surface area contributed by atoms with E-state index in [4.69, 9.17) is 5.73 Å². The van der Waals surface area contributed by atoms with Gasteiger partial charge in [0, 0.05) is 17.7 Å². The van der Waals surface area contributed by atoms with Crippen LogP contribution in [0.5, 0.6) is 0 Å². The number of rotatable bonds is 5. The molecule has 0 aromatic heterocycles. The van der Waals surface area contributed by atoms with Gasteiger partial charge in [0.1, 0.15) is 0 Å². The molecule has 0 saturated carbocycles. The summed E-state index contributed by atoms with van der Waals surface area (Å²) in [6.07, 6.45) is 3.05. The molecule has 1 aromatic carbocycles. The summed E-state index contributed by atoms with van der Waals surface area (Å²) in [4.78, 5) is 12.1. The summed E-state index contributed by atoms with van der Waals surface area (Å²) in [5.41, 5.74) is 7.81. The van der Waals surface area contributed by atoms with Gasteiger partial charge in [-0.25, -0.2) is 0 Å². The summed E-state index contributed by atoms with van der Waals surface area (Å²) < 4.78 is 0. The fourth-order valence-corrected chi connectivity index (χ4v) is 2.04. The van der Waals surface area contributed by atoms with Gasteiger partial charge in [-0.15, -0.1) is 0 Å². The molecular weight excluding hydrogens is 256 g/mol. The molecule has 1 amide bonds. The average molecular weight is 276 g/mol. The lowest BCUT2D eigenvalue weighted by molar-refractivity contribution is 0.0953. The Balaban J connectivity index is 2.72. The Labute approximate surface area is 119 Å². The maximum atomic E-state index is 12.1. The maximum absolute atomic E-state index is 12.1. The Bertz CT molecular complexity index is 489. The van der Waals surface area contributed by atoms with E-state index < -0.39 is 0 Å². The molecule has 19 heavy (non-hydrogen) atoms. The van der Waals surface area contributed by atoms with Crippen molar-refractivity contribution in [1.82, 2.24) is 5.32 Å². The van der Waals surface area contributed by atoms with Gasteiger partial charge >= 0.3 is 0 Å². The third kappa shape index (κ3) is 5.37. The standard InChI is InChI=1S/C15H20N2OS/c1-12-6-7-13(5-3-8-16)11-14(12)15(18)17-9-4-10-19-2/h6-7,11H,4,8-10,16H2,1-2H3,(H,17,18). The number of nitrogens with two attached hydrogens (primary N) is 1. The molecule has 1 rings (SSSR count). The van der Waals surface area contributed by atoms with Gasteiger partial charge in [0.15, 0.2) is 0 Å². The van der Waals surface area contributed by atoms with Crippen LogP contribution in [-0.2, 0) is 0 Å². The summed E-state index contributed by atoms with van der Waals surface area (Å²) in [5, 5.41) is 2.93. The summed E-state index contributed by atoms with van der Waals surface area (Å²) in [7, 11) is 0. The molecule has 0 heterocycles. The van der Waals surface area contributed by atoms with Crippen molar-refractivity contribution in [3.63, 3.8) is 0 Å². The van der Waals surface area contributed by atoms with Crippen molar-refractivity contribution in [3.8, 4) is 11.8 Å². The van der Waals surface area contributed by atoms with E-state index in [2.05, 4.69) is 23.4 Å². The van der Waals surface area contributed by atoms with Crippen LogP contribution in [0.25, 0.3) is 0 Å². The Kier molecular flexibility index (Phi) is 7.09. The molecule has 4 heteroatoms. The van der Waals surface area contributed by atoms with Crippen molar-refractivity contribution in [2.24, 2.45) is 5.73 Å². The number of amides is 1. The van der Waals surface area contributed by atoms with E-state index in [-0.39, 0.29) is 5.91 Å². The first-order chi connectivity index (χ1) is 9.19. The van der Waals surface area contributed by atoms with Gasteiger partial charge in [-0.3, -0.25) is 4.79 Å². The van der Waals surface area contributed by atoms with Crippen LogP contribution in [0.4, 0.5) is 0 Å². The molecule has 3 N–H and O–H groups in total. The van der Waals surface area contributed by atoms with Crippen LogP contribution >= 0.6 is 11.8 Å². The van der Waals surface area contributed by atoms with Crippen LogP contribution in [0.15, 0.2) is 18.2 Å². The number of hydrogen-bond donors (Lipinski definition) is 2. The Morgan fingerprint density at radius 1 is 1.47 bits per heavy atom. The number of hydrogen-bond acceptors (Lipinski definition) is 3. The maximum Gasteiger partial charge on any atom is 0.251 e. The topological polar surface area (TPSA) is 55.1 Å². The van der Waals surface area contributed by atoms with Gasteiger partial charge in [-0.05, 0) is 43.0 Å². The lowest BCUT2D eigenvalue weighted by Gasteiger charge is -2.08. The fraction of sp³-hybridized carbons (Fsp3) is 0.400. The van der Waals surface area contributed by atoms with Gasteiger partial charge in [0.05, 0.1) is 6.54 Å². The molecule has 0 radical (unpaired) electrons. The molecule has 0 spiro atoms. The predicted molar refractivity (Wildman–Crippen MR) is 82.4 cm³/mol. The van der Waals surface area contributed by atoms with Crippen molar-refractivity contribution in [1.29, 1.82) is 0 Å². The number of thioether (sulfide) groups is 1. The van der Waals surface area contributed by atoms with Gasteiger partial charge in [-0.2, -0.15) is 11.8 Å². The number of nitrogens with one attached hydrogen (secondary N) is 1. The highest BCUT2D eigenvalue weighted by atomic mass is 32.2. The first-order valence-electron chi connectivity index (χ1n) is 6.25. The van der Waals surface area contributed by atoms with E-state index in [1.807, 2.05) is 25.1 Å². The SMILES string of the molecule is CSCCCNC(=O)c1cc(C#CCN)ccc1C. The minimum absolute atomic E-state index is 0.0324. The second-order valence-corrected chi connectivity index (χ2v) is 5.12. The lowest BCUT2D eigenvalue weighted by Crippen LogP contribution is -2.25. The fourth-order valence-electron chi connectivity index (χ4n) is 1.61. The van der Waals surface area contributed by atoms with Crippen LogP contribution in [0.3, 0.4) is 0 Å². The molecule has 3 nitrogen and oxygen atoms in total. The summed E-state index contributed by atoms with van der Waals surface area (Å²) in [6.45, 7) is 2.96. The van der Waals surface area contributed by atoms with Crippen LogP contribution in [0.1, 0.15) is 27.9 Å². The largest absolute Gasteiger partial charge is 0.352 e. The van der Waals surface area contributed by atoms with Crippen molar-refractivity contribution in [2.75, 3.05) is 25.1 Å². The van der Waals surface area contributed by atoms with Crippen molar-refractivity contribution < 1.29 is 4.79 Å². The van der Waals surface area contributed by atoms with E-state index in [1.54, 1.807) is 11.8 Å². The highest BCUT2D eigenvalue weighted by molar-refractivity contribution is 7.98. The van der Waals surface area contributed by atoms with Crippen LogP contribution in [0.2, 0.25) is 0 Å². The van der Waals surface area contributed by atoms with E-state index in [9.17, 15) is 4.79 Å². The molecular formula is C15H20N2OS. The minimum Gasteiger partial charge on any atom is -0.352 e. The third-order valence-electron chi connectivity index (χ3n) is 2.63. The third-order valence-corrected chi connectivity index (χ3v) is 3.32. The van der Waals surface area contributed by atoms with Crippen LogP contribution in [-0.4, -0.2) is 31.0 Å². The zero-order valence-corrected chi connectivity index (χ0v) is 12.3. The first-order valence-corrected chi connectivity index (χ1v) is 7.65. The van der Waals surface area contributed by atoms with Crippen LogP contribution in [0, 0.1) is 18.8 Å². The second-order valence-electron chi connectivity index (χ2n) is 4.14. The smallest absolute Gasteiger partial charge is 0.251 e. The molecule has 0 saturated heterocycles. The van der Waals surface area contributed by atoms with Gasteiger partial charge in [0.25, 0.3) is 5.91 Å². The highest BCUT2D eigenvalue weighted by Crippen LogP contribution is 2.10. The molecule has 0 aliphatic carbocycles. The number of aryl methyl sites for hydroxylation is 1. The lowest BCUT2D eigenvalue weighted by atomic mass is 10.0.